The van der Waals surface area contributed by atoms with E-state index in [2.05, 4.69) is 10.6 Å². The highest BCUT2D eigenvalue weighted by atomic mass is 19.1. The number of hydrogen-bond acceptors (Lipinski definition) is 7. The number of nitro groups is 1. The summed E-state index contributed by atoms with van der Waals surface area (Å²) >= 11 is 0. The molecule has 1 aliphatic rings. The lowest BCUT2D eigenvalue weighted by atomic mass is 10.0. The summed E-state index contributed by atoms with van der Waals surface area (Å²) in [6, 6.07) is 14.2. The van der Waals surface area contributed by atoms with Gasteiger partial charge >= 0.3 is 12.0 Å². The first-order chi connectivity index (χ1) is 20.1. The third-order valence-electron chi connectivity index (χ3n) is 6.52. The van der Waals surface area contributed by atoms with Crippen molar-refractivity contribution in [1.82, 2.24) is 15.1 Å². The standard InChI is InChI=1S/C28H26FN5O8/c1-42-22-7-3-5-18(15-22)27(38)32-12-13-33(28(39)30-20-10-8-19(29)9-11-20)26(32)25(37)31-23(16-24(35)36)17-4-2-6-21(14-17)34(40)41/h2-11,14-15,23,26H,12-13,16H2,1H3,(H,30,39)(H,31,37)(H,35,36). The Morgan fingerprint density at radius 2 is 1.74 bits per heavy atom. The molecule has 2 atom stereocenters. The second-order valence-electron chi connectivity index (χ2n) is 9.25. The molecule has 42 heavy (non-hydrogen) atoms. The van der Waals surface area contributed by atoms with Gasteiger partial charge in [-0.05, 0) is 48.0 Å². The largest absolute Gasteiger partial charge is 0.497 e. The molecule has 14 heteroatoms. The third kappa shape index (κ3) is 6.78. The molecule has 2 unspecified atom stereocenters. The van der Waals surface area contributed by atoms with Gasteiger partial charge in [0.2, 0.25) is 0 Å². The van der Waals surface area contributed by atoms with Gasteiger partial charge in [0.05, 0.1) is 24.5 Å². The van der Waals surface area contributed by atoms with Gasteiger partial charge in [-0.2, -0.15) is 0 Å². The number of carboxylic acid groups (broad SMARTS) is 1. The second-order valence-corrected chi connectivity index (χ2v) is 9.25. The molecule has 4 rings (SSSR count). The number of urea groups is 1. The number of benzene rings is 3. The van der Waals surface area contributed by atoms with Crippen molar-refractivity contribution in [3.8, 4) is 5.75 Å². The van der Waals surface area contributed by atoms with Gasteiger partial charge in [-0.15, -0.1) is 0 Å². The van der Waals surface area contributed by atoms with Gasteiger partial charge in [0, 0.05) is 36.5 Å². The maximum Gasteiger partial charge on any atom is 0.323 e. The molecule has 0 aliphatic carbocycles. The monoisotopic (exact) mass is 579 g/mol. The normalized spacial score (nSPS) is 15.0. The topological polar surface area (TPSA) is 171 Å². The van der Waals surface area contributed by atoms with Crippen LogP contribution in [0.25, 0.3) is 0 Å². The zero-order valence-corrected chi connectivity index (χ0v) is 22.2. The molecule has 3 aromatic rings. The SMILES string of the molecule is COc1cccc(C(=O)N2CCN(C(=O)Nc3ccc(F)cc3)C2C(=O)NC(CC(=O)O)c2cccc([N+](=O)[O-])c2)c1. The first-order valence-corrected chi connectivity index (χ1v) is 12.6. The summed E-state index contributed by atoms with van der Waals surface area (Å²) in [4.78, 5) is 65.2. The smallest absolute Gasteiger partial charge is 0.323 e. The molecule has 0 radical (unpaired) electrons. The van der Waals surface area contributed by atoms with Gasteiger partial charge in [-0.3, -0.25) is 29.4 Å². The van der Waals surface area contributed by atoms with E-state index in [1.54, 1.807) is 12.1 Å². The van der Waals surface area contributed by atoms with Crippen LogP contribution in [0, 0.1) is 15.9 Å². The van der Waals surface area contributed by atoms with Crippen LogP contribution in [-0.4, -0.2) is 70.0 Å². The van der Waals surface area contributed by atoms with E-state index >= 15 is 0 Å². The number of ether oxygens (including phenoxy) is 1. The molecule has 4 amide bonds. The average Bonchev–Trinajstić information content (AvgIpc) is 3.43. The summed E-state index contributed by atoms with van der Waals surface area (Å²) < 4.78 is 18.5. The summed E-state index contributed by atoms with van der Waals surface area (Å²) in [6.07, 6.45) is -2.16. The lowest BCUT2D eigenvalue weighted by molar-refractivity contribution is -0.384. The number of halogens is 1. The third-order valence-corrected chi connectivity index (χ3v) is 6.52. The maximum absolute atomic E-state index is 13.8. The summed E-state index contributed by atoms with van der Waals surface area (Å²) in [7, 11) is 1.42. The van der Waals surface area contributed by atoms with E-state index < -0.39 is 53.2 Å². The maximum atomic E-state index is 13.8. The fraction of sp³-hybridized carbons (Fsp3) is 0.214. The summed E-state index contributed by atoms with van der Waals surface area (Å²) in [5.74, 6) is -2.92. The number of carbonyl (C=O) groups is 4. The summed E-state index contributed by atoms with van der Waals surface area (Å²) in [5, 5.41) is 25.9. The predicted octanol–water partition coefficient (Wildman–Crippen LogP) is 3.39. The molecule has 13 nitrogen and oxygen atoms in total. The zero-order valence-electron chi connectivity index (χ0n) is 22.2. The Morgan fingerprint density at radius 1 is 1.05 bits per heavy atom. The quantitative estimate of drug-likeness (QED) is 0.256. The Balaban J connectivity index is 1.67. The molecule has 1 aliphatic heterocycles. The minimum atomic E-state index is -1.53. The minimum Gasteiger partial charge on any atom is -0.497 e. The number of nitrogens with one attached hydrogen (secondary N) is 2. The second kappa shape index (κ2) is 12.8. The number of carboxylic acids is 1. The van der Waals surface area contributed by atoms with Crippen molar-refractivity contribution in [3.05, 3.63) is 99.9 Å². The van der Waals surface area contributed by atoms with E-state index in [1.165, 1.54) is 49.6 Å². The molecule has 218 valence electrons. The number of nitrogens with zero attached hydrogens (tertiary/aromatic N) is 3. The van der Waals surface area contributed by atoms with Crippen molar-refractivity contribution in [2.45, 2.75) is 18.6 Å². The van der Waals surface area contributed by atoms with Crippen LogP contribution in [0.15, 0.2) is 72.8 Å². The molecule has 0 aromatic heterocycles. The molecule has 1 saturated heterocycles. The Bertz CT molecular complexity index is 1520. The molecule has 0 spiro atoms. The van der Waals surface area contributed by atoms with Gasteiger partial charge in [0.15, 0.2) is 6.17 Å². The van der Waals surface area contributed by atoms with Crippen LogP contribution in [0.4, 0.5) is 20.6 Å². The van der Waals surface area contributed by atoms with Crippen molar-refractivity contribution in [2.24, 2.45) is 0 Å². The van der Waals surface area contributed by atoms with Crippen molar-refractivity contribution in [1.29, 1.82) is 0 Å². The lowest BCUT2D eigenvalue weighted by Gasteiger charge is -2.31. The van der Waals surface area contributed by atoms with Crippen molar-refractivity contribution >= 4 is 35.2 Å². The number of non-ortho nitro benzene ring substituents is 1. The minimum absolute atomic E-state index is 0.0502. The fourth-order valence-electron chi connectivity index (χ4n) is 4.52. The van der Waals surface area contributed by atoms with E-state index in [9.17, 15) is 38.8 Å². The highest BCUT2D eigenvalue weighted by Crippen LogP contribution is 2.26. The first kappa shape index (κ1) is 29.5. The fourth-order valence-corrected chi connectivity index (χ4v) is 4.52. The Labute approximate surface area is 238 Å². The number of nitro benzene ring substituents is 1. The zero-order chi connectivity index (χ0) is 30.4. The summed E-state index contributed by atoms with van der Waals surface area (Å²) in [5.41, 5.74) is 0.242. The van der Waals surface area contributed by atoms with Crippen molar-refractivity contribution < 1.29 is 38.3 Å². The highest BCUT2D eigenvalue weighted by molar-refractivity contribution is 6.01. The number of anilines is 1. The van der Waals surface area contributed by atoms with Crippen LogP contribution in [0.5, 0.6) is 5.75 Å². The highest BCUT2D eigenvalue weighted by Gasteiger charge is 2.44. The Hall–Kier alpha value is -5.53. The molecule has 3 aromatic carbocycles. The van der Waals surface area contributed by atoms with E-state index in [0.717, 1.165) is 28.0 Å². The molecule has 3 N–H and O–H groups in total. The number of rotatable bonds is 9. The van der Waals surface area contributed by atoms with Crippen LogP contribution in [0.2, 0.25) is 0 Å². The van der Waals surface area contributed by atoms with Crippen LogP contribution in [0.1, 0.15) is 28.4 Å². The van der Waals surface area contributed by atoms with E-state index in [-0.39, 0.29) is 35.6 Å². The van der Waals surface area contributed by atoms with Crippen LogP contribution < -0.4 is 15.4 Å². The number of carbonyl (C=O) groups excluding carboxylic acids is 3. The Kier molecular flexibility index (Phi) is 8.95. The van der Waals surface area contributed by atoms with Gasteiger partial charge in [0.25, 0.3) is 17.5 Å². The van der Waals surface area contributed by atoms with Gasteiger partial charge in [0.1, 0.15) is 11.6 Å². The van der Waals surface area contributed by atoms with Gasteiger partial charge in [-0.25, -0.2) is 9.18 Å². The Morgan fingerprint density at radius 3 is 2.40 bits per heavy atom. The number of aliphatic carboxylic acids is 1. The van der Waals surface area contributed by atoms with E-state index in [1.807, 2.05) is 0 Å². The molecular formula is C28H26FN5O8. The van der Waals surface area contributed by atoms with Gasteiger partial charge < -0.3 is 25.4 Å². The molecular weight excluding hydrogens is 553 g/mol. The van der Waals surface area contributed by atoms with Crippen LogP contribution >= 0.6 is 0 Å². The average molecular weight is 580 g/mol. The first-order valence-electron chi connectivity index (χ1n) is 12.6. The molecule has 1 heterocycles. The lowest BCUT2D eigenvalue weighted by Crippen LogP contribution is -2.55. The van der Waals surface area contributed by atoms with Crippen molar-refractivity contribution in [2.75, 3.05) is 25.5 Å². The van der Waals surface area contributed by atoms with Crippen LogP contribution in [0.3, 0.4) is 0 Å². The number of hydrogen-bond donors (Lipinski definition) is 3. The van der Waals surface area contributed by atoms with Crippen molar-refractivity contribution in [3.63, 3.8) is 0 Å². The predicted molar refractivity (Wildman–Crippen MR) is 146 cm³/mol. The van der Waals surface area contributed by atoms with Crippen LogP contribution in [-0.2, 0) is 9.59 Å². The molecule has 0 saturated carbocycles. The number of amides is 4. The van der Waals surface area contributed by atoms with Gasteiger partial charge in [-0.1, -0.05) is 18.2 Å². The van der Waals surface area contributed by atoms with E-state index in [0.29, 0.717) is 5.75 Å². The molecule has 1 fully saturated rings. The van der Waals surface area contributed by atoms with E-state index in [4.69, 9.17) is 4.74 Å². The number of methoxy groups -OCH3 is 1. The summed E-state index contributed by atoms with van der Waals surface area (Å²) in [6.45, 7) is -0.118. The molecule has 0 bridgehead atoms.